The van der Waals surface area contributed by atoms with Gasteiger partial charge in [-0.15, -0.1) is 0 Å². The SMILES string of the molecule is CCC(CC)(CC)NC(=O)c1ccccc1CCN. The summed E-state index contributed by atoms with van der Waals surface area (Å²) in [5.41, 5.74) is 7.30. The topological polar surface area (TPSA) is 55.1 Å². The number of carbonyl (C=O) groups is 1. The summed E-state index contributed by atoms with van der Waals surface area (Å²) in [4.78, 5) is 12.5. The second kappa shape index (κ2) is 7.29. The standard InChI is InChI=1S/C16H26N2O/c1-4-16(5-2,6-3)18-15(19)14-10-8-7-9-13(14)11-12-17/h7-10H,4-6,11-12,17H2,1-3H3,(H,18,19). The van der Waals surface area contributed by atoms with Gasteiger partial charge in [-0.1, -0.05) is 39.0 Å². The fourth-order valence-corrected chi connectivity index (χ4v) is 2.44. The average molecular weight is 262 g/mol. The molecule has 1 rings (SSSR count). The minimum atomic E-state index is -0.0904. The van der Waals surface area contributed by atoms with Gasteiger partial charge in [0.1, 0.15) is 0 Å². The van der Waals surface area contributed by atoms with Crippen LogP contribution in [0.4, 0.5) is 0 Å². The highest BCUT2D eigenvalue weighted by Crippen LogP contribution is 2.20. The zero-order valence-electron chi connectivity index (χ0n) is 12.3. The van der Waals surface area contributed by atoms with E-state index in [-0.39, 0.29) is 11.4 Å². The van der Waals surface area contributed by atoms with E-state index in [1.54, 1.807) is 0 Å². The molecule has 3 N–H and O–H groups in total. The summed E-state index contributed by atoms with van der Waals surface area (Å²) < 4.78 is 0. The molecular weight excluding hydrogens is 236 g/mol. The lowest BCUT2D eigenvalue weighted by atomic mass is 9.89. The van der Waals surface area contributed by atoms with Crippen LogP contribution < -0.4 is 11.1 Å². The van der Waals surface area contributed by atoms with Crippen LogP contribution in [0.2, 0.25) is 0 Å². The third-order valence-electron chi connectivity index (χ3n) is 4.08. The Labute approximate surface area is 116 Å². The minimum absolute atomic E-state index is 0.0228. The summed E-state index contributed by atoms with van der Waals surface area (Å²) in [6.07, 6.45) is 3.58. The van der Waals surface area contributed by atoms with Crippen molar-refractivity contribution in [3.63, 3.8) is 0 Å². The first-order valence-corrected chi connectivity index (χ1v) is 7.23. The summed E-state index contributed by atoms with van der Waals surface area (Å²) in [7, 11) is 0. The van der Waals surface area contributed by atoms with Gasteiger partial charge in [0.15, 0.2) is 0 Å². The van der Waals surface area contributed by atoms with Crippen LogP contribution in [0, 0.1) is 0 Å². The van der Waals surface area contributed by atoms with Gasteiger partial charge in [-0.2, -0.15) is 0 Å². The van der Waals surface area contributed by atoms with Crippen molar-refractivity contribution in [1.82, 2.24) is 5.32 Å². The molecule has 0 saturated carbocycles. The average Bonchev–Trinajstić information content (AvgIpc) is 2.46. The Hall–Kier alpha value is -1.35. The Morgan fingerprint density at radius 2 is 1.74 bits per heavy atom. The lowest BCUT2D eigenvalue weighted by molar-refractivity contribution is 0.0887. The monoisotopic (exact) mass is 262 g/mol. The third kappa shape index (κ3) is 3.80. The molecule has 0 spiro atoms. The van der Waals surface area contributed by atoms with Crippen LogP contribution in [0.25, 0.3) is 0 Å². The molecule has 0 aromatic heterocycles. The second-order valence-corrected chi connectivity index (χ2v) is 4.99. The number of amides is 1. The van der Waals surface area contributed by atoms with Gasteiger partial charge < -0.3 is 11.1 Å². The third-order valence-corrected chi connectivity index (χ3v) is 4.08. The fraction of sp³-hybridized carbons (Fsp3) is 0.562. The van der Waals surface area contributed by atoms with Gasteiger partial charge in [0.2, 0.25) is 0 Å². The van der Waals surface area contributed by atoms with Gasteiger partial charge in [0.25, 0.3) is 5.91 Å². The molecule has 0 saturated heterocycles. The van der Waals surface area contributed by atoms with E-state index >= 15 is 0 Å². The Morgan fingerprint density at radius 3 is 2.26 bits per heavy atom. The van der Waals surface area contributed by atoms with E-state index in [0.29, 0.717) is 6.54 Å². The van der Waals surface area contributed by atoms with Crippen LogP contribution in [-0.4, -0.2) is 18.0 Å². The van der Waals surface area contributed by atoms with Gasteiger partial charge in [-0.25, -0.2) is 0 Å². The second-order valence-electron chi connectivity index (χ2n) is 4.99. The number of benzene rings is 1. The van der Waals surface area contributed by atoms with E-state index in [9.17, 15) is 4.79 Å². The normalized spacial score (nSPS) is 11.4. The number of rotatable bonds is 7. The van der Waals surface area contributed by atoms with E-state index in [1.807, 2.05) is 24.3 Å². The van der Waals surface area contributed by atoms with Crippen molar-refractivity contribution in [2.45, 2.75) is 52.0 Å². The predicted molar refractivity (Wildman–Crippen MR) is 80.3 cm³/mol. The zero-order valence-corrected chi connectivity index (χ0v) is 12.3. The molecule has 3 nitrogen and oxygen atoms in total. The smallest absolute Gasteiger partial charge is 0.251 e. The molecule has 1 aromatic carbocycles. The Kier molecular flexibility index (Phi) is 6.03. The van der Waals surface area contributed by atoms with Gasteiger partial charge in [-0.05, 0) is 43.9 Å². The van der Waals surface area contributed by atoms with Gasteiger partial charge >= 0.3 is 0 Å². The van der Waals surface area contributed by atoms with E-state index < -0.39 is 0 Å². The first-order chi connectivity index (χ1) is 9.12. The number of nitrogens with two attached hydrogens (primary N) is 1. The van der Waals surface area contributed by atoms with E-state index in [0.717, 1.165) is 36.8 Å². The number of hydrogen-bond acceptors (Lipinski definition) is 2. The maximum atomic E-state index is 12.5. The van der Waals surface area contributed by atoms with Crippen LogP contribution in [0.3, 0.4) is 0 Å². The molecule has 0 aliphatic carbocycles. The van der Waals surface area contributed by atoms with E-state index in [1.165, 1.54) is 0 Å². The highest BCUT2D eigenvalue weighted by atomic mass is 16.1. The summed E-state index contributed by atoms with van der Waals surface area (Å²) in [5.74, 6) is 0.0228. The molecule has 0 radical (unpaired) electrons. The summed E-state index contributed by atoms with van der Waals surface area (Å²) in [6, 6.07) is 7.72. The lowest BCUT2D eigenvalue weighted by Gasteiger charge is -2.32. The minimum Gasteiger partial charge on any atom is -0.347 e. The zero-order chi connectivity index (χ0) is 14.3. The summed E-state index contributed by atoms with van der Waals surface area (Å²) >= 11 is 0. The molecule has 0 unspecified atom stereocenters. The number of carbonyl (C=O) groups excluding carboxylic acids is 1. The number of hydrogen-bond donors (Lipinski definition) is 2. The van der Waals surface area contributed by atoms with Gasteiger partial charge in [0, 0.05) is 11.1 Å². The maximum Gasteiger partial charge on any atom is 0.251 e. The lowest BCUT2D eigenvalue weighted by Crippen LogP contribution is -2.47. The Balaban J connectivity index is 2.94. The summed E-state index contributed by atoms with van der Waals surface area (Å²) in [6.45, 7) is 6.93. The van der Waals surface area contributed by atoms with Crippen LogP contribution in [0.1, 0.15) is 56.0 Å². The van der Waals surface area contributed by atoms with Crippen LogP contribution in [0.15, 0.2) is 24.3 Å². The van der Waals surface area contributed by atoms with Crippen molar-refractivity contribution in [2.24, 2.45) is 5.73 Å². The molecule has 0 heterocycles. The maximum absolute atomic E-state index is 12.5. The molecule has 1 amide bonds. The molecule has 0 fully saturated rings. The molecule has 106 valence electrons. The highest BCUT2D eigenvalue weighted by Gasteiger charge is 2.26. The molecule has 0 aliphatic rings. The molecule has 0 aliphatic heterocycles. The van der Waals surface area contributed by atoms with Crippen molar-refractivity contribution in [3.05, 3.63) is 35.4 Å². The van der Waals surface area contributed by atoms with Crippen molar-refractivity contribution < 1.29 is 4.79 Å². The molecule has 0 bridgehead atoms. The van der Waals surface area contributed by atoms with Crippen molar-refractivity contribution in [3.8, 4) is 0 Å². The van der Waals surface area contributed by atoms with Crippen LogP contribution >= 0.6 is 0 Å². The fourth-order valence-electron chi connectivity index (χ4n) is 2.44. The predicted octanol–water partition coefficient (Wildman–Crippen LogP) is 2.89. The van der Waals surface area contributed by atoms with Crippen LogP contribution in [-0.2, 0) is 6.42 Å². The summed E-state index contributed by atoms with van der Waals surface area (Å²) in [5, 5.41) is 3.21. The van der Waals surface area contributed by atoms with Crippen molar-refractivity contribution in [1.29, 1.82) is 0 Å². The Morgan fingerprint density at radius 1 is 1.16 bits per heavy atom. The van der Waals surface area contributed by atoms with Gasteiger partial charge in [0.05, 0.1) is 0 Å². The quantitative estimate of drug-likeness (QED) is 0.794. The largest absolute Gasteiger partial charge is 0.347 e. The van der Waals surface area contributed by atoms with E-state index in [2.05, 4.69) is 26.1 Å². The Bertz CT molecular complexity index is 403. The van der Waals surface area contributed by atoms with E-state index in [4.69, 9.17) is 5.73 Å². The first kappa shape index (κ1) is 15.7. The number of nitrogens with one attached hydrogen (secondary N) is 1. The van der Waals surface area contributed by atoms with Gasteiger partial charge in [-0.3, -0.25) is 4.79 Å². The van der Waals surface area contributed by atoms with Crippen molar-refractivity contribution in [2.75, 3.05) is 6.54 Å². The molecule has 1 aromatic rings. The molecule has 0 atom stereocenters. The van der Waals surface area contributed by atoms with Crippen molar-refractivity contribution >= 4 is 5.91 Å². The molecule has 3 heteroatoms. The van der Waals surface area contributed by atoms with Crippen LogP contribution in [0.5, 0.6) is 0 Å². The highest BCUT2D eigenvalue weighted by molar-refractivity contribution is 5.96. The molecule has 19 heavy (non-hydrogen) atoms. The molecular formula is C16H26N2O. The first-order valence-electron chi connectivity index (χ1n) is 7.23.